The molecule has 9 heteroatoms. The van der Waals surface area contributed by atoms with Crippen LogP contribution in [0.25, 0.3) is 16.0 Å². The number of ether oxygens (including phenoxy) is 1. The molecular weight excluding hydrogens is 491 g/mol. The number of anilines is 1. The Bertz CT molecular complexity index is 1480. The lowest BCUT2D eigenvalue weighted by atomic mass is 9.95. The van der Waals surface area contributed by atoms with Gasteiger partial charge in [0, 0.05) is 10.6 Å². The number of Topliss-reactive ketones (excluding diaryl/α,β-unsaturated/α-hetero) is 1. The molecule has 2 heterocycles. The fraction of sp³-hybridized carbons (Fsp3) is 0.115. The molecule has 5 rings (SSSR count). The van der Waals surface area contributed by atoms with Gasteiger partial charge in [-0.3, -0.25) is 14.5 Å². The summed E-state index contributed by atoms with van der Waals surface area (Å²) in [7, 11) is 0. The van der Waals surface area contributed by atoms with Gasteiger partial charge in [0.05, 0.1) is 28.4 Å². The first-order chi connectivity index (χ1) is 16.9. The Hall–Kier alpha value is -3.75. The van der Waals surface area contributed by atoms with Crippen LogP contribution in [0.2, 0.25) is 5.02 Å². The van der Waals surface area contributed by atoms with Crippen LogP contribution in [-0.4, -0.2) is 28.4 Å². The van der Waals surface area contributed by atoms with Gasteiger partial charge in [-0.05, 0) is 67.1 Å². The highest BCUT2D eigenvalue weighted by Gasteiger charge is 2.48. The molecule has 0 bridgehead atoms. The smallest absolute Gasteiger partial charge is 0.301 e. The number of amides is 1. The Kier molecular flexibility index (Phi) is 6.00. The number of fused-ring (bicyclic) bond motifs is 1. The zero-order valence-corrected chi connectivity index (χ0v) is 19.9. The number of carbonyl (C=O) groups excluding carboxylic acids is 2. The number of benzene rings is 3. The van der Waals surface area contributed by atoms with Crippen LogP contribution >= 0.6 is 22.9 Å². The lowest BCUT2D eigenvalue weighted by molar-refractivity contribution is -0.132. The number of thiazole rings is 1. The maximum atomic E-state index is 13.8. The molecule has 1 saturated heterocycles. The SMILES string of the molecule is CCOc1ccc(/C(O)=C2\C(=O)C(=O)N(c3nc4ccc(F)cc4s3)[C@@H]2c2ccc(Cl)cc2)cc1. The van der Waals surface area contributed by atoms with Crippen molar-refractivity contribution in [1.29, 1.82) is 0 Å². The highest BCUT2D eigenvalue weighted by Crippen LogP contribution is 2.44. The summed E-state index contributed by atoms with van der Waals surface area (Å²) in [4.78, 5) is 32.2. The number of nitrogens with zero attached hydrogens (tertiary/aromatic N) is 2. The van der Waals surface area contributed by atoms with E-state index in [0.717, 1.165) is 11.3 Å². The minimum atomic E-state index is -0.954. The summed E-state index contributed by atoms with van der Waals surface area (Å²) in [6.07, 6.45) is 0. The van der Waals surface area contributed by atoms with E-state index in [0.29, 0.717) is 38.7 Å². The van der Waals surface area contributed by atoms with E-state index in [2.05, 4.69) is 4.98 Å². The van der Waals surface area contributed by atoms with Gasteiger partial charge in [0.2, 0.25) is 0 Å². The van der Waals surface area contributed by atoms with E-state index in [1.54, 1.807) is 48.5 Å². The predicted molar refractivity (Wildman–Crippen MR) is 133 cm³/mol. The standard InChI is InChI=1S/C26H18ClFN2O4S/c1-2-34-18-10-5-15(6-11-18)23(31)21-22(14-3-7-16(27)8-4-14)30(25(33)24(21)32)26-29-19-12-9-17(28)13-20(19)35-26/h3-13,22,31H,2H2,1H3/b23-21+/t22-/m1/s1. The molecule has 1 aliphatic rings. The third kappa shape index (κ3) is 4.15. The molecule has 0 unspecified atom stereocenters. The molecule has 176 valence electrons. The zero-order valence-electron chi connectivity index (χ0n) is 18.4. The molecule has 35 heavy (non-hydrogen) atoms. The average molecular weight is 509 g/mol. The van der Waals surface area contributed by atoms with Gasteiger partial charge < -0.3 is 9.84 Å². The van der Waals surface area contributed by atoms with Crippen LogP contribution in [0.1, 0.15) is 24.1 Å². The molecule has 0 saturated carbocycles. The fourth-order valence-corrected chi connectivity index (χ4v) is 5.15. The van der Waals surface area contributed by atoms with Crippen molar-refractivity contribution in [3.05, 3.63) is 94.3 Å². The Balaban J connectivity index is 1.68. The van der Waals surface area contributed by atoms with Crippen molar-refractivity contribution in [2.45, 2.75) is 13.0 Å². The molecular formula is C26H18ClFN2O4S. The fourth-order valence-electron chi connectivity index (χ4n) is 4.01. The minimum Gasteiger partial charge on any atom is -0.507 e. The summed E-state index contributed by atoms with van der Waals surface area (Å²) in [6, 6.07) is 16.4. The van der Waals surface area contributed by atoms with Crippen LogP contribution in [0.3, 0.4) is 0 Å². The predicted octanol–water partition coefficient (Wildman–Crippen LogP) is 6.11. The second kappa shape index (κ2) is 9.13. The summed E-state index contributed by atoms with van der Waals surface area (Å²) in [5.41, 5.74) is 1.34. The average Bonchev–Trinajstić information content (AvgIpc) is 3.37. The Morgan fingerprint density at radius 1 is 1.11 bits per heavy atom. The van der Waals surface area contributed by atoms with Gasteiger partial charge in [-0.1, -0.05) is 35.1 Å². The molecule has 0 radical (unpaired) electrons. The Labute approximate surface area is 208 Å². The van der Waals surface area contributed by atoms with Gasteiger partial charge in [-0.15, -0.1) is 0 Å². The van der Waals surface area contributed by atoms with Gasteiger partial charge in [0.1, 0.15) is 17.3 Å². The van der Waals surface area contributed by atoms with Crippen molar-refractivity contribution < 1.29 is 23.8 Å². The highest BCUT2D eigenvalue weighted by molar-refractivity contribution is 7.22. The van der Waals surface area contributed by atoms with E-state index in [1.165, 1.54) is 23.1 Å². The molecule has 1 amide bonds. The molecule has 1 aliphatic heterocycles. The summed E-state index contributed by atoms with van der Waals surface area (Å²) in [6.45, 7) is 2.34. The van der Waals surface area contributed by atoms with Crippen molar-refractivity contribution in [3.8, 4) is 5.75 Å². The number of rotatable bonds is 5. The molecule has 1 N–H and O–H groups in total. The third-order valence-electron chi connectivity index (χ3n) is 5.61. The quantitative estimate of drug-likeness (QED) is 0.200. The monoisotopic (exact) mass is 508 g/mol. The molecule has 3 aromatic carbocycles. The maximum Gasteiger partial charge on any atom is 0.301 e. The summed E-state index contributed by atoms with van der Waals surface area (Å²) in [5, 5.41) is 11.9. The van der Waals surface area contributed by atoms with Crippen molar-refractivity contribution in [2.75, 3.05) is 11.5 Å². The van der Waals surface area contributed by atoms with E-state index >= 15 is 0 Å². The largest absolute Gasteiger partial charge is 0.507 e. The lowest BCUT2D eigenvalue weighted by Gasteiger charge is -2.23. The second-order valence-electron chi connectivity index (χ2n) is 7.79. The van der Waals surface area contributed by atoms with Crippen molar-refractivity contribution in [2.24, 2.45) is 0 Å². The van der Waals surface area contributed by atoms with Crippen LogP contribution < -0.4 is 9.64 Å². The topological polar surface area (TPSA) is 79.7 Å². The number of hydrogen-bond acceptors (Lipinski definition) is 6. The van der Waals surface area contributed by atoms with E-state index in [4.69, 9.17) is 16.3 Å². The van der Waals surface area contributed by atoms with Gasteiger partial charge in [-0.2, -0.15) is 0 Å². The first kappa shape index (κ1) is 23.0. The summed E-state index contributed by atoms with van der Waals surface area (Å²) >= 11 is 7.15. The third-order valence-corrected chi connectivity index (χ3v) is 6.88. The number of halogens is 2. The molecule has 6 nitrogen and oxygen atoms in total. The normalized spacial score (nSPS) is 17.3. The molecule has 0 spiro atoms. The van der Waals surface area contributed by atoms with Crippen LogP contribution in [0.5, 0.6) is 5.75 Å². The minimum absolute atomic E-state index is 0.0769. The van der Waals surface area contributed by atoms with Crippen LogP contribution in [0, 0.1) is 5.82 Å². The van der Waals surface area contributed by atoms with Gasteiger partial charge in [0.15, 0.2) is 5.13 Å². The van der Waals surface area contributed by atoms with Crippen molar-refractivity contribution >= 4 is 55.7 Å². The first-order valence-corrected chi connectivity index (χ1v) is 11.9. The number of carbonyl (C=O) groups is 2. The zero-order chi connectivity index (χ0) is 24.7. The number of ketones is 1. The number of aliphatic hydroxyl groups excluding tert-OH is 1. The van der Waals surface area contributed by atoms with Crippen LogP contribution in [0.4, 0.5) is 9.52 Å². The van der Waals surface area contributed by atoms with E-state index < -0.39 is 23.5 Å². The van der Waals surface area contributed by atoms with Gasteiger partial charge in [0.25, 0.3) is 5.78 Å². The Morgan fingerprint density at radius 3 is 2.51 bits per heavy atom. The molecule has 1 fully saturated rings. The highest BCUT2D eigenvalue weighted by atomic mass is 35.5. The second-order valence-corrected chi connectivity index (χ2v) is 9.23. The van der Waals surface area contributed by atoms with E-state index in [1.807, 2.05) is 6.92 Å². The number of aromatic nitrogens is 1. The maximum absolute atomic E-state index is 13.8. The molecule has 1 aromatic heterocycles. The number of hydrogen-bond donors (Lipinski definition) is 1. The first-order valence-electron chi connectivity index (χ1n) is 10.7. The molecule has 4 aromatic rings. The Morgan fingerprint density at radius 2 is 1.83 bits per heavy atom. The molecule has 1 atom stereocenters. The molecule has 0 aliphatic carbocycles. The van der Waals surface area contributed by atoms with Gasteiger partial charge in [-0.25, -0.2) is 9.37 Å². The van der Waals surface area contributed by atoms with Crippen LogP contribution in [0.15, 0.2) is 72.3 Å². The van der Waals surface area contributed by atoms with Crippen molar-refractivity contribution in [3.63, 3.8) is 0 Å². The summed E-state index contributed by atoms with van der Waals surface area (Å²) in [5.74, 6) is -1.82. The summed E-state index contributed by atoms with van der Waals surface area (Å²) < 4.78 is 19.7. The van der Waals surface area contributed by atoms with E-state index in [-0.39, 0.29) is 16.5 Å². The van der Waals surface area contributed by atoms with Crippen LogP contribution in [-0.2, 0) is 9.59 Å². The number of aliphatic hydroxyl groups is 1. The van der Waals surface area contributed by atoms with E-state index in [9.17, 15) is 19.1 Å². The van der Waals surface area contributed by atoms with Gasteiger partial charge >= 0.3 is 5.91 Å². The lowest BCUT2D eigenvalue weighted by Crippen LogP contribution is -2.29. The van der Waals surface area contributed by atoms with Crippen molar-refractivity contribution in [1.82, 2.24) is 4.98 Å².